The van der Waals surface area contributed by atoms with Gasteiger partial charge in [-0.3, -0.25) is 14.9 Å². The number of nitro benzene ring substituents is 1. The molecule has 1 aromatic carbocycles. The number of Topliss-reactive ketones (excluding diaryl/α,β-unsaturated/α-hetero) is 1. The summed E-state index contributed by atoms with van der Waals surface area (Å²) in [6.07, 6.45) is 4.26. The standard InChI is InChI=1S/C26H33N3O6/c1-17-6-4-10-27(14-17)23-9-8-20(13-24(23)29(32)33)26(31)35-16-25(30)22-12-18(2)28(19(22)3)15-21-7-5-11-34-21/h8-9,12-13,17,21H,4-7,10-11,14-16H2,1-3H3. The van der Waals surface area contributed by atoms with Crippen molar-refractivity contribution in [2.45, 2.75) is 59.1 Å². The van der Waals surface area contributed by atoms with Gasteiger partial charge in [0.2, 0.25) is 5.78 Å². The topological polar surface area (TPSA) is 104 Å². The minimum Gasteiger partial charge on any atom is -0.454 e. The number of hydrogen-bond acceptors (Lipinski definition) is 7. The quantitative estimate of drug-likeness (QED) is 0.236. The maximum absolute atomic E-state index is 12.8. The van der Waals surface area contributed by atoms with Crippen molar-refractivity contribution in [3.05, 3.63) is 56.9 Å². The maximum Gasteiger partial charge on any atom is 0.338 e. The number of benzene rings is 1. The number of carbonyl (C=O) groups is 2. The molecule has 2 aliphatic rings. The zero-order valence-electron chi connectivity index (χ0n) is 20.6. The van der Waals surface area contributed by atoms with E-state index in [9.17, 15) is 19.7 Å². The molecule has 0 radical (unpaired) electrons. The van der Waals surface area contributed by atoms with Crippen LogP contribution in [-0.4, -0.2) is 53.7 Å². The SMILES string of the molecule is Cc1cc(C(=O)COC(=O)c2ccc(N3CCCC(C)C3)c([N+](=O)[O-])c2)c(C)n1CC1CCCO1. The Morgan fingerprint density at radius 2 is 2.00 bits per heavy atom. The number of aromatic nitrogens is 1. The molecule has 1 aromatic heterocycles. The number of rotatable bonds is 8. The van der Waals surface area contributed by atoms with Gasteiger partial charge in [-0.05, 0) is 63.6 Å². The van der Waals surface area contributed by atoms with E-state index in [-0.39, 0.29) is 23.1 Å². The summed E-state index contributed by atoms with van der Waals surface area (Å²) in [5.41, 5.74) is 2.71. The minimum atomic E-state index is -0.756. The third kappa shape index (κ3) is 5.56. The van der Waals surface area contributed by atoms with Gasteiger partial charge >= 0.3 is 5.97 Å². The molecule has 9 heteroatoms. The summed E-state index contributed by atoms with van der Waals surface area (Å²) in [7, 11) is 0. The first-order valence-electron chi connectivity index (χ1n) is 12.3. The molecule has 3 heterocycles. The highest BCUT2D eigenvalue weighted by atomic mass is 16.6. The summed E-state index contributed by atoms with van der Waals surface area (Å²) < 4.78 is 13.0. The first kappa shape index (κ1) is 24.9. The molecule has 4 rings (SSSR count). The number of piperidine rings is 1. The number of carbonyl (C=O) groups excluding carboxylic acids is 2. The third-order valence-electron chi connectivity index (χ3n) is 7.02. The fourth-order valence-electron chi connectivity index (χ4n) is 5.12. The average Bonchev–Trinajstić information content (AvgIpc) is 3.45. The summed E-state index contributed by atoms with van der Waals surface area (Å²) in [4.78, 5) is 38.7. The van der Waals surface area contributed by atoms with E-state index in [1.54, 1.807) is 12.1 Å². The van der Waals surface area contributed by atoms with Gasteiger partial charge in [-0.25, -0.2) is 4.79 Å². The van der Waals surface area contributed by atoms with Gasteiger partial charge < -0.3 is 18.9 Å². The van der Waals surface area contributed by atoms with Crippen LogP contribution in [0.3, 0.4) is 0 Å². The molecule has 2 unspecified atom stereocenters. The van der Waals surface area contributed by atoms with Gasteiger partial charge in [0.25, 0.3) is 5.69 Å². The lowest BCUT2D eigenvalue weighted by Gasteiger charge is -2.32. The van der Waals surface area contributed by atoms with Crippen molar-refractivity contribution in [2.24, 2.45) is 5.92 Å². The van der Waals surface area contributed by atoms with Crippen LogP contribution in [0.1, 0.15) is 64.7 Å². The molecule has 0 aliphatic carbocycles. The van der Waals surface area contributed by atoms with Crippen LogP contribution in [0.4, 0.5) is 11.4 Å². The Morgan fingerprint density at radius 1 is 1.20 bits per heavy atom. The smallest absolute Gasteiger partial charge is 0.338 e. The van der Waals surface area contributed by atoms with Gasteiger partial charge in [0.15, 0.2) is 6.61 Å². The van der Waals surface area contributed by atoms with E-state index in [0.29, 0.717) is 23.7 Å². The molecule has 35 heavy (non-hydrogen) atoms. The molecule has 2 aliphatic heterocycles. The number of nitro groups is 1. The Bertz CT molecular complexity index is 1120. The summed E-state index contributed by atoms with van der Waals surface area (Å²) >= 11 is 0. The molecule has 9 nitrogen and oxygen atoms in total. The van der Waals surface area contributed by atoms with E-state index in [2.05, 4.69) is 11.5 Å². The van der Waals surface area contributed by atoms with E-state index < -0.39 is 17.5 Å². The molecule has 0 spiro atoms. The summed E-state index contributed by atoms with van der Waals surface area (Å²) in [5, 5.41) is 11.7. The van der Waals surface area contributed by atoms with Crippen molar-refractivity contribution >= 4 is 23.1 Å². The van der Waals surface area contributed by atoms with Gasteiger partial charge in [-0.15, -0.1) is 0 Å². The van der Waals surface area contributed by atoms with Gasteiger partial charge in [-0.2, -0.15) is 0 Å². The molecule has 2 atom stereocenters. The number of ketones is 1. The molecule has 0 N–H and O–H groups in total. The molecule has 0 saturated carbocycles. The second-order valence-corrected chi connectivity index (χ2v) is 9.68. The van der Waals surface area contributed by atoms with Crippen LogP contribution in [0, 0.1) is 29.9 Å². The van der Waals surface area contributed by atoms with Crippen molar-refractivity contribution in [1.29, 1.82) is 0 Å². The first-order chi connectivity index (χ1) is 16.7. The fourth-order valence-corrected chi connectivity index (χ4v) is 5.12. The van der Waals surface area contributed by atoms with E-state index in [0.717, 1.165) is 56.8 Å². The molecule has 2 saturated heterocycles. The number of hydrogen-bond donors (Lipinski definition) is 0. The molecular weight excluding hydrogens is 450 g/mol. The molecule has 0 amide bonds. The number of anilines is 1. The van der Waals surface area contributed by atoms with Gasteiger partial charge in [0, 0.05) is 49.3 Å². The van der Waals surface area contributed by atoms with E-state index in [1.807, 2.05) is 18.7 Å². The van der Waals surface area contributed by atoms with Crippen LogP contribution >= 0.6 is 0 Å². The van der Waals surface area contributed by atoms with E-state index in [4.69, 9.17) is 9.47 Å². The van der Waals surface area contributed by atoms with Crippen molar-refractivity contribution in [3.63, 3.8) is 0 Å². The lowest BCUT2D eigenvalue weighted by molar-refractivity contribution is -0.384. The minimum absolute atomic E-state index is 0.0576. The van der Waals surface area contributed by atoms with Crippen molar-refractivity contribution in [1.82, 2.24) is 4.57 Å². The highest BCUT2D eigenvalue weighted by Gasteiger charge is 2.26. The Morgan fingerprint density at radius 3 is 2.69 bits per heavy atom. The molecule has 2 aromatic rings. The van der Waals surface area contributed by atoms with Gasteiger partial charge in [0.05, 0.1) is 16.6 Å². The Balaban J connectivity index is 1.43. The predicted octanol–water partition coefficient (Wildman–Crippen LogP) is 4.47. The Kier molecular flexibility index (Phi) is 7.54. The number of aryl methyl sites for hydroxylation is 1. The van der Waals surface area contributed by atoms with Crippen molar-refractivity contribution in [3.8, 4) is 0 Å². The lowest BCUT2D eigenvalue weighted by Crippen LogP contribution is -2.34. The highest BCUT2D eigenvalue weighted by Crippen LogP contribution is 2.32. The maximum atomic E-state index is 12.8. The van der Waals surface area contributed by atoms with Crippen LogP contribution in [0.15, 0.2) is 24.3 Å². The van der Waals surface area contributed by atoms with Crippen LogP contribution in [0.25, 0.3) is 0 Å². The van der Waals surface area contributed by atoms with Gasteiger partial charge in [-0.1, -0.05) is 6.92 Å². The normalized spacial score (nSPS) is 20.1. The van der Waals surface area contributed by atoms with E-state index in [1.165, 1.54) is 12.1 Å². The lowest BCUT2D eigenvalue weighted by atomic mass is 9.99. The predicted molar refractivity (Wildman–Crippen MR) is 131 cm³/mol. The average molecular weight is 484 g/mol. The second-order valence-electron chi connectivity index (χ2n) is 9.68. The van der Waals surface area contributed by atoms with Crippen LogP contribution in [0.2, 0.25) is 0 Å². The van der Waals surface area contributed by atoms with Crippen LogP contribution < -0.4 is 4.90 Å². The van der Waals surface area contributed by atoms with Crippen LogP contribution in [0.5, 0.6) is 0 Å². The Labute approximate surface area is 205 Å². The summed E-state index contributed by atoms with van der Waals surface area (Å²) in [5.74, 6) is -0.613. The van der Waals surface area contributed by atoms with Gasteiger partial charge in [0.1, 0.15) is 5.69 Å². The first-order valence-corrected chi connectivity index (χ1v) is 12.3. The highest BCUT2D eigenvalue weighted by molar-refractivity contribution is 6.00. The zero-order valence-corrected chi connectivity index (χ0v) is 20.6. The molecule has 2 fully saturated rings. The number of esters is 1. The third-order valence-corrected chi connectivity index (χ3v) is 7.02. The second kappa shape index (κ2) is 10.6. The number of ether oxygens (including phenoxy) is 2. The number of nitrogens with zero attached hydrogens (tertiary/aromatic N) is 3. The molecular formula is C26H33N3O6. The van der Waals surface area contributed by atoms with E-state index >= 15 is 0 Å². The zero-order chi connectivity index (χ0) is 25.1. The van der Waals surface area contributed by atoms with Crippen molar-refractivity contribution in [2.75, 3.05) is 31.2 Å². The summed E-state index contributed by atoms with van der Waals surface area (Å²) in [6, 6.07) is 6.18. The Hall–Kier alpha value is -3.20. The monoisotopic (exact) mass is 483 g/mol. The molecule has 188 valence electrons. The van der Waals surface area contributed by atoms with Crippen molar-refractivity contribution < 1.29 is 24.0 Å². The molecule has 0 bridgehead atoms. The van der Waals surface area contributed by atoms with Crippen LogP contribution in [-0.2, 0) is 16.0 Å². The fraction of sp³-hybridized carbons (Fsp3) is 0.538. The summed E-state index contributed by atoms with van der Waals surface area (Å²) in [6.45, 7) is 8.45. The largest absolute Gasteiger partial charge is 0.454 e.